The van der Waals surface area contributed by atoms with Crippen molar-refractivity contribution in [2.24, 2.45) is 0 Å². The predicted octanol–water partition coefficient (Wildman–Crippen LogP) is 1.76. The van der Waals surface area contributed by atoms with Crippen molar-refractivity contribution in [2.45, 2.75) is 38.4 Å². The number of nitrogens with zero attached hydrogens (tertiary/aromatic N) is 5. The van der Waals surface area contributed by atoms with Crippen molar-refractivity contribution in [2.75, 3.05) is 11.4 Å². The SMILES string of the molecule is Cc1nc(CN2C(=O)C[C@@H]3[C@@H]2CCN3c2ncc(F)cn2)cs1. The van der Waals surface area contributed by atoms with E-state index in [2.05, 4.69) is 15.0 Å². The lowest BCUT2D eigenvalue weighted by atomic mass is 10.1. The van der Waals surface area contributed by atoms with E-state index in [9.17, 15) is 9.18 Å². The van der Waals surface area contributed by atoms with Gasteiger partial charge in [0.1, 0.15) is 0 Å². The number of amides is 1. The number of thiazole rings is 1. The molecule has 23 heavy (non-hydrogen) atoms. The van der Waals surface area contributed by atoms with E-state index in [4.69, 9.17) is 0 Å². The Morgan fingerprint density at radius 3 is 2.83 bits per heavy atom. The minimum Gasteiger partial charge on any atom is -0.335 e. The van der Waals surface area contributed by atoms with Crippen LogP contribution in [0.25, 0.3) is 0 Å². The molecule has 0 spiro atoms. The highest BCUT2D eigenvalue weighted by atomic mass is 32.1. The molecule has 2 aliphatic heterocycles. The molecule has 2 aromatic heterocycles. The number of rotatable bonds is 3. The topological polar surface area (TPSA) is 62.2 Å². The summed E-state index contributed by atoms with van der Waals surface area (Å²) in [4.78, 5) is 28.9. The predicted molar refractivity (Wildman–Crippen MR) is 83.5 cm³/mol. The molecule has 0 unspecified atom stereocenters. The number of hydrogen-bond acceptors (Lipinski definition) is 6. The molecule has 0 aliphatic carbocycles. The van der Waals surface area contributed by atoms with Crippen LogP contribution in [0.5, 0.6) is 0 Å². The molecule has 2 atom stereocenters. The van der Waals surface area contributed by atoms with Crippen molar-refractivity contribution >= 4 is 23.2 Å². The molecule has 2 aromatic rings. The second-order valence-corrected chi connectivity index (χ2v) is 6.96. The summed E-state index contributed by atoms with van der Waals surface area (Å²) in [6.45, 7) is 3.30. The second kappa shape index (κ2) is 5.52. The van der Waals surface area contributed by atoms with Gasteiger partial charge in [-0.25, -0.2) is 19.3 Å². The van der Waals surface area contributed by atoms with E-state index in [0.29, 0.717) is 18.9 Å². The number of fused-ring (bicyclic) bond motifs is 1. The molecule has 4 heterocycles. The zero-order valence-corrected chi connectivity index (χ0v) is 13.5. The van der Waals surface area contributed by atoms with Crippen molar-refractivity contribution in [1.29, 1.82) is 0 Å². The summed E-state index contributed by atoms with van der Waals surface area (Å²) in [5, 5.41) is 3.02. The van der Waals surface area contributed by atoms with Crippen molar-refractivity contribution in [1.82, 2.24) is 19.9 Å². The summed E-state index contributed by atoms with van der Waals surface area (Å²) in [6, 6.07) is 0.214. The highest BCUT2D eigenvalue weighted by molar-refractivity contribution is 7.09. The molecular weight excluding hydrogens is 317 g/mol. The summed E-state index contributed by atoms with van der Waals surface area (Å²) in [7, 11) is 0. The average Bonchev–Trinajstić information content (AvgIpc) is 3.19. The maximum absolute atomic E-state index is 13.0. The zero-order valence-electron chi connectivity index (χ0n) is 12.6. The standard InChI is InChI=1S/C15H16FN5OS/c1-9-19-11(8-23-9)7-21-12-2-3-20(13(12)4-14(21)22)15-17-5-10(16)6-18-15/h5-6,8,12-13H,2-4,7H2,1H3/t12-,13+/m0/s1. The third kappa shape index (κ3) is 2.56. The van der Waals surface area contributed by atoms with Gasteiger partial charge in [-0.15, -0.1) is 11.3 Å². The van der Waals surface area contributed by atoms with E-state index in [0.717, 1.165) is 23.7 Å². The molecule has 1 amide bonds. The van der Waals surface area contributed by atoms with E-state index < -0.39 is 5.82 Å². The Bertz CT molecular complexity index is 734. The first-order valence-electron chi connectivity index (χ1n) is 7.56. The molecule has 0 bridgehead atoms. The summed E-state index contributed by atoms with van der Waals surface area (Å²) >= 11 is 1.60. The first-order chi connectivity index (χ1) is 11.1. The lowest BCUT2D eigenvalue weighted by molar-refractivity contribution is -0.129. The van der Waals surface area contributed by atoms with Crippen LogP contribution in [-0.2, 0) is 11.3 Å². The molecule has 2 fully saturated rings. The van der Waals surface area contributed by atoms with E-state index >= 15 is 0 Å². The van der Waals surface area contributed by atoms with Crippen LogP contribution in [-0.4, -0.2) is 44.4 Å². The van der Waals surface area contributed by atoms with Crippen molar-refractivity contribution in [3.05, 3.63) is 34.3 Å². The van der Waals surface area contributed by atoms with Gasteiger partial charge in [-0.3, -0.25) is 4.79 Å². The molecular formula is C15H16FN5OS. The third-order valence-corrected chi connectivity index (χ3v) is 5.30. The lowest BCUT2D eigenvalue weighted by Crippen LogP contribution is -2.37. The van der Waals surface area contributed by atoms with Crippen LogP contribution in [0.2, 0.25) is 0 Å². The van der Waals surface area contributed by atoms with Crippen molar-refractivity contribution in [3.8, 4) is 0 Å². The van der Waals surface area contributed by atoms with Gasteiger partial charge in [-0.1, -0.05) is 0 Å². The summed E-state index contributed by atoms with van der Waals surface area (Å²) in [6.07, 6.45) is 3.67. The van der Waals surface area contributed by atoms with Crippen LogP contribution < -0.4 is 4.90 Å². The number of aryl methyl sites for hydroxylation is 1. The maximum atomic E-state index is 13.0. The van der Waals surface area contributed by atoms with E-state index in [1.807, 2.05) is 22.1 Å². The van der Waals surface area contributed by atoms with Crippen LogP contribution in [0.15, 0.2) is 17.8 Å². The first-order valence-corrected chi connectivity index (χ1v) is 8.44. The third-order valence-electron chi connectivity index (χ3n) is 4.48. The Kier molecular flexibility index (Phi) is 3.48. The molecule has 8 heteroatoms. The summed E-state index contributed by atoms with van der Waals surface area (Å²) in [5.74, 6) is 0.183. The van der Waals surface area contributed by atoms with Gasteiger partial charge in [0.2, 0.25) is 11.9 Å². The zero-order chi connectivity index (χ0) is 16.0. The number of hydrogen-bond donors (Lipinski definition) is 0. The van der Waals surface area contributed by atoms with Crippen LogP contribution in [0.3, 0.4) is 0 Å². The van der Waals surface area contributed by atoms with Crippen LogP contribution >= 0.6 is 11.3 Å². The Morgan fingerprint density at radius 1 is 1.35 bits per heavy atom. The highest BCUT2D eigenvalue weighted by Gasteiger charge is 2.47. The smallest absolute Gasteiger partial charge is 0.225 e. The Balaban J connectivity index is 1.53. The molecule has 2 aliphatic rings. The van der Waals surface area contributed by atoms with Crippen molar-refractivity contribution < 1.29 is 9.18 Å². The van der Waals surface area contributed by atoms with Crippen LogP contribution in [0.4, 0.5) is 10.3 Å². The van der Waals surface area contributed by atoms with Gasteiger partial charge in [0.25, 0.3) is 0 Å². The quantitative estimate of drug-likeness (QED) is 0.856. The largest absolute Gasteiger partial charge is 0.335 e. The van der Waals surface area contributed by atoms with Gasteiger partial charge in [-0.05, 0) is 13.3 Å². The lowest BCUT2D eigenvalue weighted by Gasteiger charge is -2.24. The second-order valence-electron chi connectivity index (χ2n) is 5.90. The van der Waals surface area contributed by atoms with E-state index in [1.54, 1.807) is 11.3 Å². The van der Waals surface area contributed by atoms with Gasteiger partial charge in [0.05, 0.1) is 41.7 Å². The average molecular weight is 333 g/mol. The molecule has 6 nitrogen and oxygen atoms in total. The van der Waals surface area contributed by atoms with Gasteiger partial charge in [-0.2, -0.15) is 0 Å². The number of aromatic nitrogens is 3. The number of halogens is 1. The molecule has 0 radical (unpaired) electrons. The molecule has 0 aromatic carbocycles. The van der Waals surface area contributed by atoms with Gasteiger partial charge < -0.3 is 9.80 Å². The number of anilines is 1. The minimum atomic E-state index is -0.451. The van der Waals surface area contributed by atoms with Gasteiger partial charge >= 0.3 is 0 Å². The Morgan fingerprint density at radius 2 is 2.13 bits per heavy atom. The fraction of sp³-hybridized carbons (Fsp3) is 0.467. The molecule has 0 saturated carbocycles. The van der Waals surface area contributed by atoms with E-state index in [-0.39, 0.29) is 18.0 Å². The molecule has 2 saturated heterocycles. The van der Waals surface area contributed by atoms with Crippen LogP contribution in [0, 0.1) is 12.7 Å². The number of likely N-dealkylation sites (tertiary alicyclic amines) is 1. The number of carbonyl (C=O) groups excluding carboxylic acids is 1. The van der Waals surface area contributed by atoms with Gasteiger partial charge in [0.15, 0.2) is 5.82 Å². The monoisotopic (exact) mass is 333 g/mol. The Labute approximate surface area is 137 Å². The minimum absolute atomic E-state index is 0.0627. The summed E-state index contributed by atoms with van der Waals surface area (Å²) in [5.41, 5.74) is 0.943. The molecule has 4 rings (SSSR count). The normalized spacial score (nSPS) is 23.7. The van der Waals surface area contributed by atoms with Crippen LogP contribution in [0.1, 0.15) is 23.5 Å². The van der Waals surface area contributed by atoms with Gasteiger partial charge in [0, 0.05) is 18.3 Å². The molecule has 120 valence electrons. The fourth-order valence-corrected chi connectivity index (χ4v) is 4.09. The molecule has 0 N–H and O–H groups in total. The highest BCUT2D eigenvalue weighted by Crippen LogP contribution is 2.35. The number of carbonyl (C=O) groups is 1. The Hall–Kier alpha value is -2.09. The van der Waals surface area contributed by atoms with Crippen molar-refractivity contribution in [3.63, 3.8) is 0 Å². The summed E-state index contributed by atoms with van der Waals surface area (Å²) < 4.78 is 13.0. The van der Waals surface area contributed by atoms with E-state index in [1.165, 1.54) is 12.4 Å². The first kappa shape index (κ1) is 14.5. The maximum Gasteiger partial charge on any atom is 0.225 e. The fourth-order valence-electron chi connectivity index (χ4n) is 3.49.